The molecule has 3 aromatic rings. The van der Waals surface area contributed by atoms with Gasteiger partial charge >= 0.3 is 5.76 Å². The first-order valence-electron chi connectivity index (χ1n) is 10.8. The summed E-state index contributed by atoms with van der Waals surface area (Å²) in [6.45, 7) is 0.870. The number of oxime groups is 1. The Morgan fingerprint density at radius 3 is 2.70 bits per heavy atom. The van der Waals surface area contributed by atoms with Gasteiger partial charge in [0.2, 0.25) is 0 Å². The second-order valence-corrected chi connectivity index (χ2v) is 8.55. The summed E-state index contributed by atoms with van der Waals surface area (Å²) in [5.41, 5.74) is 4.58. The summed E-state index contributed by atoms with van der Waals surface area (Å²) < 4.78 is 5.16. The summed E-state index contributed by atoms with van der Waals surface area (Å²) in [6, 6.07) is 17.2. The van der Waals surface area contributed by atoms with E-state index in [4.69, 9.17) is 9.25 Å². The molecule has 0 bridgehead atoms. The highest BCUT2D eigenvalue weighted by Gasteiger charge is 2.29. The van der Waals surface area contributed by atoms with Crippen molar-refractivity contribution < 1.29 is 9.25 Å². The van der Waals surface area contributed by atoms with Gasteiger partial charge in [0, 0.05) is 24.6 Å². The first-order chi connectivity index (χ1) is 14.7. The standard InChI is InChI=1S/C24H27N3O3/c1-27(19-10-7-17(8-11-19)16-5-3-2-4-6-16)15-20-14-22(26-30-20)18-9-12-21-23(13-18)29-24(28)25-21/h2-6,9,12-13,17,19-20H,7-8,10-11,14-15H2,1H3,(H,25,28). The Kier molecular flexibility index (Phi) is 5.17. The van der Waals surface area contributed by atoms with E-state index in [1.165, 1.54) is 31.2 Å². The van der Waals surface area contributed by atoms with Crippen molar-refractivity contribution >= 4 is 16.8 Å². The minimum absolute atomic E-state index is 0.0609. The number of hydrogen-bond acceptors (Lipinski definition) is 5. The molecule has 156 valence electrons. The lowest BCUT2D eigenvalue weighted by Gasteiger charge is -2.35. The minimum Gasteiger partial charge on any atom is -0.408 e. The lowest BCUT2D eigenvalue weighted by Crippen LogP contribution is -2.39. The summed E-state index contributed by atoms with van der Waals surface area (Å²) in [6.07, 6.45) is 5.76. The second-order valence-electron chi connectivity index (χ2n) is 8.55. The average Bonchev–Trinajstić information content (AvgIpc) is 3.39. The number of aromatic nitrogens is 1. The molecule has 0 radical (unpaired) electrons. The molecule has 2 heterocycles. The van der Waals surface area contributed by atoms with Crippen molar-refractivity contribution in [2.24, 2.45) is 5.16 Å². The molecule has 5 rings (SSSR count). The molecule has 0 saturated heterocycles. The van der Waals surface area contributed by atoms with Crippen LogP contribution in [0.25, 0.3) is 11.1 Å². The fourth-order valence-electron chi connectivity index (χ4n) is 4.87. The number of nitrogens with zero attached hydrogens (tertiary/aromatic N) is 2. The second kappa shape index (κ2) is 8.11. The van der Waals surface area contributed by atoms with E-state index in [2.05, 4.69) is 52.4 Å². The highest BCUT2D eigenvalue weighted by atomic mass is 16.6. The summed E-state index contributed by atoms with van der Waals surface area (Å²) >= 11 is 0. The third kappa shape index (κ3) is 3.92. The molecule has 0 spiro atoms. The van der Waals surface area contributed by atoms with Crippen molar-refractivity contribution in [3.63, 3.8) is 0 Å². The van der Waals surface area contributed by atoms with E-state index in [9.17, 15) is 4.79 Å². The van der Waals surface area contributed by atoms with Gasteiger partial charge in [-0.2, -0.15) is 0 Å². The van der Waals surface area contributed by atoms with Gasteiger partial charge in [0.25, 0.3) is 0 Å². The molecule has 1 N–H and O–H groups in total. The van der Waals surface area contributed by atoms with Crippen molar-refractivity contribution in [3.05, 3.63) is 70.2 Å². The smallest absolute Gasteiger partial charge is 0.408 e. The Hall–Kier alpha value is -2.86. The van der Waals surface area contributed by atoms with E-state index in [1.54, 1.807) is 0 Å². The molecule has 1 unspecified atom stereocenters. The topological polar surface area (TPSA) is 70.8 Å². The molecule has 0 amide bonds. The highest BCUT2D eigenvalue weighted by Crippen LogP contribution is 2.34. The largest absolute Gasteiger partial charge is 0.417 e. The maximum Gasteiger partial charge on any atom is 0.417 e. The fourth-order valence-corrected chi connectivity index (χ4v) is 4.87. The Bertz CT molecular complexity index is 1090. The quantitative estimate of drug-likeness (QED) is 0.688. The molecular formula is C24H27N3O3. The van der Waals surface area contributed by atoms with Crippen LogP contribution in [0.4, 0.5) is 0 Å². The van der Waals surface area contributed by atoms with Crippen LogP contribution in [0.1, 0.15) is 49.1 Å². The Morgan fingerprint density at radius 2 is 1.90 bits per heavy atom. The van der Waals surface area contributed by atoms with E-state index in [0.29, 0.717) is 23.1 Å². The van der Waals surface area contributed by atoms with Crippen LogP contribution < -0.4 is 5.76 Å². The third-order valence-electron chi connectivity index (χ3n) is 6.57. The number of hydrogen-bond donors (Lipinski definition) is 1. The molecule has 1 aliphatic carbocycles. The molecule has 30 heavy (non-hydrogen) atoms. The lowest BCUT2D eigenvalue weighted by atomic mass is 9.81. The van der Waals surface area contributed by atoms with Crippen LogP contribution >= 0.6 is 0 Å². The van der Waals surface area contributed by atoms with E-state index in [-0.39, 0.29) is 6.10 Å². The number of aromatic amines is 1. The van der Waals surface area contributed by atoms with Crippen molar-refractivity contribution in [1.82, 2.24) is 9.88 Å². The zero-order valence-electron chi connectivity index (χ0n) is 17.2. The number of oxazole rings is 1. The molecular weight excluding hydrogens is 378 g/mol. The molecule has 1 aliphatic heterocycles. The van der Waals surface area contributed by atoms with Gasteiger partial charge in [-0.05, 0) is 56.3 Å². The van der Waals surface area contributed by atoms with E-state index >= 15 is 0 Å². The summed E-state index contributed by atoms with van der Waals surface area (Å²) in [4.78, 5) is 22.2. The molecule has 1 aromatic heterocycles. The van der Waals surface area contributed by atoms with Crippen LogP contribution in [-0.4, -0.2) is 41.3 Å². The fraction of sp³-hybridized carbons (Fsp3) is 0.417. The van der Waals surface area contributed by atoms with E-state index in [1.807, 2.05) is 18.2 Å². The molecule has 1 saturated carbocycles. The molecule has 2 aliphatic rings. The van der Waals surface area contributed by atoms with E-state index in [0.717, 1.165) is 24.2 Å². The van der Waals surface area contributed by atoms with Gasteiger partial charge in [0.05, 0.1) is 11.2 Å². The van der Waals surface area contributed by atoms with Crippen molar-refractivity contribution in [2.75, 3.05) is 13.6 Å². The number of fused-ring (bicyclic) bond motifs is 1. The van der Waals surface area contributed by atoms with Gasteiger partial charge in [0.15, 0.2) is 5.58 Å². The Balaban J connectivity index is 1.15. The molecule has 6 nitrogen and oxygen atoms in total. The van der Waals surface area contributed by atoms with Crippen molar-refractivity contribution in [2.45, 2.75) is 50.2 Å². The predicted octanol–water partition coefficient (Wildman–Crippen LogP) is 4.27. The maximum absolute atomic E-state index is 11.4. The van der Waals surface area contributed by atoms with Crippen LogP contribution in [0, 0.1) is 0 Å². The van der Waals surface area contributed by atoms with Crippen LogP contribution in [0.2, 0.25) is 0 Å². The third-order valence-corrected chi connectivity index (χ3v) is 6.57. The van der Waals surface area contributed by atoms with Crippen LogP contribution in [-0.2, 0) is 4.84 Å². The van der Waals surface area contributed by atoms with E-state index < -0.39 is 5.76 Å². The lowest BCUT2D eigenvalue weighted by molar-refractivity contribution is 0.0418. The van der Waals surface area contributed by atoms with Crippen LogP contribution in [0.15, 0.2) is 62.9 Å². The van der Waals surface area contributed by atoms with Gasteiger partial charge in [0.1, 0.15) is 6.10 Å². The zero-order chi connectivity index (χ0) is 20.5. The van der Waals surface area contributed by atoms with Gasteiger partial charge in [-0.25, -0.2) is 4.79 Å². The van der Waals surface area contributed by atoms with Crippen LogP contribution in [0.3, 0.4) is 0 Å². The summed E-state index contributed by atoms with van der Waals surface area (Å²) in [5, 5.41) is 4.31. The minimum atomic E-state index is -0.437. The molecule has 1 fully saturated rings. The van der Waals surface area contributed by atoms with Crippen molar-refractivity contribution in [1.29, 1.82) is 0 Å². The average molecular weight is 405 g/mol. The van der Waals surface area contributed by atoms with Gasteiger partial charge in [-0.3, -0.25) is 9.88 Å². The van der Waals surface area contributed by atoms with Crippen LogP contribution in [0.5, 0.6) is 0 Å². The van der Waals surface area contributed by atoms with Gasteiger partial charge in [-0.1, -0.05) is 41.6 Å². The number of likely N-dealkylation sites (N-methyl/N-ethyl adjacent to an activating group) is 1. The van der Waals surface area contributed by atoms with Gasteiger partial charge in [-0.15, -0.1) is 0 Å². The Morgan fingerprint density at radius 1 is 1.10 bits per heavy atom. The monoisotopic (exact) mass is 405 g/mol. The number of nitrogens with one attached hydrogen (secondary N) is 1. The number of rotatable bonds is 5. The first kappa shape index (κ1) is 19.1. The normalized spacial score (nSPS) is 24.2. The van der Waals surface area contributed by atoms with Gasteiger partial charge < -0.3 is 9.25 Å². The molecule has 6 heteroatoms. The predicted molar refractivity (Wildman–Crippen MR) is 117 cm³/mol. The zero-order valence-corrected chi connectivity index (χ0v) is 17.2. The highest BCUT2D eigenvalue weighted by molar-refractivity contribution is 6.03. The summed E-state index contributed by atoms with van der Waals surface area (Å²) in [7, 11) is 2.20. The number of H-pyrrole nitrogens is 1. The SMILES string of the molecule is CN(CC1CC(c2ccc3[nH]c(=O)oc3c2)=NO1)C1CCC(c2ccccc2)CC1. The first-order valence-corrected chi connectivity index (χ1v) is 10.8. The summed E-state index contributed by atoms with van der Waals surface area (Å²) in [5.74, 6) is 0.255. The number of benzene rings is 2. The molecule has 1 atom stereocenters. The molecule has 2 aromatic carbocycles. The Labute approximate surface area is 175 Å². The van der Waals surface area contributed by atoms with Crippen molar-refractivity contribution in [3.8, 4) is 0 Å². The maximum atomic E-state index is 11.4.